The van der Waals surface area contributed by atoms with Gasteiger partial charge in [-0.15, -0.1) is 0 Å². The molecular weight excluding hydrogens is 910 g/mol. The highest BCUT2D eigenvalue weighted by Crippen LogP contribution is 2.50. The number of fused-ring (bicyclic) bond motifs is 9. The maximum Gasteiger partial charge on any atom is 0.252 e. The highest BCUT2D eigenvalue weighted by atomic mass is 16.3. The Labute approximate surface area is 446 Å². The molecule has 0 bridgehead atoms. The lowest BCUT2D eigenvalue weighted by Gasteiger charge is -2.43. The van der Waals surface area contributed by atoms with Crippen LogP contribution in [0.5, 0.6) is 0 Å². The van der Waals surface area contributed by atoms with Gasteiger partial charge in [-0.1, -0.05) is 195 Å². The fraction of sp³-hybridized carbons (Fsp3) is 0.286. The second kappa shape index (κ2) is 16.6. The highest BCUT2D eigenvalue weighted by molar-refractivity contribution is 7.00. The van der Waals surface area contributed by atoms with Crippen molar-refractivity contribution < 1.29 is 4.42 Å². The zero-order valence-electron chi connectivity index (χ0n) is 46.9. The van der Waals surface area contributed by atoms with Gasteiger partial charge in [-0.2, -0.15) is 0 Å². The van der Waals surface area contributed by atoms with E-state index in [4.69, 9.17) is 4.42 Å². The minimum absolute atomic E-state index is 0.000300. The average molecular weight is 982 g/mol. The van der Waals surface area contributed by atoms with Crippen molar-refractivity contribution in [2.24, 2.45) is 0 Å². The third-order valence-corrected chi connectivity index (χ3v) is 16.3. The molecule has 4 heterocycles. The molecule has 0 amide bonds. The van der Waals surface area contributed by atoms with Crippen LogP contribution in [0.2, 0.25) is 0 Å². The van der Waals surface area contributed by atoms with E-state index >= 15 is 0 Å². The second-order valence-corrected chi connectivity index (χ2v) is 26.8. The maximum absolute atomic E-state index is 7.10. The molecule has 0 aliphatic carbocycles. The van der Waals surface area contributed by atoms with E-state index in [2.05, 4.69) is 282 Å². The second-order valence-electron chi connectivity index (χ2n) is 26.8. The smallest absolute Gasteiger partial charge is 0.252 e. The van der Waals surface area contributed by atoms with Crippen molar-refractivity contribution in [3.05, 3.63) is 192 Å². The summed E-state index contributed by atoms with van der Waals surface area (Å²) in [5, 5.41) is 2.28. The number of furan rings is 1. The van der Waals surface area contributed by atoms with Crippen LogP contribution in [0.4, 0.5) is 34.1 Å². The standard InChI is InChI=1S/C70H72BN3O/c1-66(2,3)44-25-31-49(32-26-44)72(50-33-27-45(28-34-50)67(4,5)6)51-41-59-62-60(42-51)74-63-54(65-64(74)52-23-19-20-24-61(52)75-65)38-48(70(13,14)15)39-56(63)71(62)55-35-29-47(69(10,11)12)40-58(55)73(59)57-36-30-46(68(7,8)9)37-53(57)43-21-17-16-18-22-43/h16-42H,1-15H3. The number of aromatic nitrogens is 1. The molecule has 0 N–H and O–H groups in total. The van der Waals surface area contributed by atoms with Gasteiger partial charge in [-0.05, 0) is 150 Å². The third-order valence-electron chi connectivity index (χ3n) is 16.3. The number of hydrogen-bond donors (Lipinski definition) is 0. The van der Waals surface area contributed by atoms with Crippen molar-refractivity contribution in [2.45, 2.75) is 131 Å². The molecule has 75 heavy (non-hydrogen) atoms. The van der Waals surface area contributed by atoms with Crippen molar-refractivity contribution in [2.75, 3.05) is 9.80 Å². The maximum atomic E-state index is 7.10. The molecule has 10 aromatic rings. The number of para-hydroxylation sites is 1. The zero-order chi connectivity index (χ0) is 52.9. The Morgan fingerprint density at radius 2 is 0.920 bits per heavy atom. The van der Waals surface area contributed by atoms with Crippen molar-refractivity contribution in [1.82, 2.24) is 4.57 Å². The van der Waals surface area contributed by atoms with Crippen LogP contribution in [0.1, 0.15) is 132 Å². The van der Waals surface area contributed by atoms with Crippen LogP contribution in [0, 0.1) is 0 Å². The molecule has 2 aromatic heterocycles. The Morgan fingerprint density at radius 3 is 1.52 bits per heavy atom. The first-order valence-electron chi connectivity index (χ1n) is 27.2. The lowest BCUT2D eigenvalue weighted by molar-refractivity contribution is 0.590. The Bertz CT molecular complexity index is 3840. The minimum atomic E-state index is -0.122. The molecule has 4 nitrogen and oxygen atoms in total. The quantitative estimate of drug-likeness (QED) is 0.161. The number of anilines is 6. The number of rotatable bonds is 5. The fourth-order valence-corrected chi connectivity index (χ4v) is 12.0. The van der Waals surface area contributed by atoms with Crippen molar-refractivity contribution >= 4 is 90.2 Å². The van der Waals surface area contributed by atoms with Crippen molar-refractivity contribution in [3.8, 4) is 16.8 Å². The summed E-state index contributed by atoms with van der Waals surface area (Å²) in [5.41, 5.74) is 24.7. The summed E-state index contributed by atoms with van der Waals surface area (Å²) >= 11 is 0. The first-order chi connectivity index (χ1) is 35.4. The van der Waals surface area contributed by atoms with Gasteiger partial charge in [0.2, 0.25) is 0 Å². The van der Waals surface area contributed by atoms with Gasteiger partial charge < -0.3 is 18.8 Å². The van der Waals surface area contributed by atoms with Crippen molar-refractivity contribution in [1.29, 1.82) is 0 Å². The van der Waals surface area contributed by atoms with Gasteiger partial charge in [0, 0.05) is 44.8 Å². The summed E-state index contributed by atoms with van der Waals surface area (Å²) in [6, 6.07) is 62.9. The fourth-order valence-electron chi connectivity index (χ4n) is 12.0. The normalized spacial score (nSPS) is 13.7. The largest absolute Gasteiger partial charge is 0.454 e. The summed E-state index contributed by atoms with van der Waals surface area (Å²) < 4.78 is 9.69. The molecule has 12 rings (SSSR count). The molecule has 2 aliphatic heterocycles. The van der Waals surface area contributed by atoms with Crippen LogP contribution in [-0.2, 0) is 27.1 Å². The molecular formula is C70H72BN3O. The molecule has 0 spiro atoms. The minimum Gasteiger partial charge on any atom is -0.454 e. The summed E-state index contributed by atoms with van der Waals surface area (Å²) in [4.78, 5) is 5.14. The summed E-state index contributed by atoms with van der Waals surface area (Å²) in [6.45, 7) is 34.7. The molecule has 0 unspecified atom stereocenters. The monoisotopic (exact) mass is 982 g/mol. The summed E-state index contributed by atoms with van der Waals surface area (Å²) in [6.07, 6.45) is 0. The molecule has 8 aromatic carbocycles. The topological polar surface area (TPSA) is 24.6 Å². The van der Waals surface area contributed by atoms with Gasteiger partial charge >= 0.3 is 0 Å². The van der Waals surface area contributed by atoms with Gasteiger partial charge in [-0.25, -0.2) is 0 Å². The Kier molecular flexibility index (Phi) is 10.8. The van der Waals surface area contributed by atoms with E-state index in [-0.39, 0.29) is 33.8 Å². The van der Waals surface area contributed by atoms with Gasteiger partial charge in [-0.3, -0.25) is 0 Å². The Morgan fingerprint density at radius 1 is 0.387 bits per heavy atom. The van der Waals surface area contributed by atoms with E-state index in [1.807, 2.05) is 0 Å². The molecule has 376 valence electrons. The first kappa shape index (κ1) is 48.7. The molecule has 0 saturated carbocycles. The van der Waals surface area contributed by atoms with Crippen LogP contribution in [-0.4, -0.2) is 11.3 Å². The van der Waals surface area contributed by atoms with E-state index < -0.39 is 0 Å². The Hall–Kier alpha value is -7.24. The molecule has 2 aliphatic rings. The average Bonchev–Trinajstić information content (AvgIpc) is 3.92. The highest BCUT2D eigenvalue weighted by Gasteiger charge is 2.45. The van der Waals surface area contributed by atoms with Crippen LogP contribution < -0.4 is 26.2 Å². The predicted octanol–water partition coefficient (Wildman–Crippen LogP) is 17.8. The van der Waals surface area contributed by atoms with E-state index in [9.17, 15) is 0 Å². The third kappa shape index (κ3) is 7.94. The number of nitrogens with zero attached hydrogens (tertiary/aromatic N) is 3. The van der Waals surface area contributed by atoms with E-state index in [0.29, 0.717) is 0 Å². The lowest BCUT2D eigenvalue weighted by atomic mass is 9.33. The van der Waals surface area contributed by atoms with Gasteiger partial charge in [0.05, 0.1) is 16.9 Å². The van der Waals surface area contributed by atoms with Crippen LogP contribution in [0.25, 0.3) is 49.8 Å². The number of hydrogen-bond acceptors (Lipinski definition) is 3. The summed E-state index contributed by atoms with van der Waals surface area (Å²) in [5.74, 6) is 0. The van der Waals surface area contributed by atoms with Crippen LogP contribution in [0.15, 0.2) is 168 Å². The predicted molar refractivity (Wildman–Crippen MR) is 324 cm³/mol. The summed E-state index contributed by atoms with van der Waals surface area (Å²) in [7, 11) is 0. The Balaban J connectivity index is 1.27. The number of benzene rings is 8. The van der Waals surface area contributed by atoms with E-state index in [1.54, 1.807) is 0 Å². The first-order valence-corrected chi connectivity index (χ1v) is 27.2. The van der Waals surface area contributed by atoms with Crippen molar-refractivity contribution in [3.63, 3.8) is 0 Å². The molecule has 0 fully saturated rings. The molecule has 0 atom stereocenters. The van der Waals surface area contributed by atoms with E-state index in [1.165, 1.54) is 77.9 Å². The van der Waals surface area contributed by atoms with Crippen LogP contribution >= 0.6 is 0 Å². The molecule has 0 radical (unpaired) electrons. The van der Waals surface area contributed by atoms with Gasteiger partial charge in [0.25, 0.3) is 6.71 Å². The molecule has 5 heteroatoms. The van der Waals surface area contributed by atoms with Crippen LogP contribution in [0.3, 0.4) is 0 Å². The van der Waals surface area contributed by atoms with E-state index in [0.717, 1.165) is 50.2 Å². The van der Waals surface area contributed by atoms with Gasteiger partial charge in [0.15, 0.2) is 5.58 Å². The SMILES string of the molecule is CC(C)(C)c1ccc(N(c2ccc(C(C)(C)C)cc2)c2cc3c4c(c2)-n2c5c(cc(C(C)(C)C)cc5c5oc6ccccc6c52)B4c2ccc(C(C)(C)C)cc2N3c2ccc(C(C)(C)C)cc2-c2ccccc2)cc1. The van der Waals surface area contributed by atoms with Gasteiger partial charge in [0.1, 0.15) is 11.1 Å². The molecule has 0 saturated heterocycles. The lowest BCUT2D eigenvalue weighted by Crippen LogP contribution is -2.60. The zero-order valence-corrected chi connectivity index (χ0v) is 46.9.